The third-order valence-electron chi connectivity index (χ3n) is 3.80. The van der Waals surface area contributed by atoms with Crippen molar-refractivity contribution < 1.29 is 13.2 Å². The van der Waals surface area contributed by atoms with Crippen LogP contribution >= 0.6 is 0 Å². The first-order valence-electron chi connectivity index (χ1n) is 8.60. The van der Waals surface area contributed by atoms with E-state index in [0.29, 0.717) is 18.7 Å². The Morgan fingerprint density at radius 1 is 1.00 bits per heavy atom. The zero-order chi connectivity index (χ0) is 19.4. The maximum absolute atomic E-state index is 12.9. The van der Waals surface area contributed by atoms with Crippen molar-refractivity contribution in [2.75, 3.05) is 6.54 Å². The van der Waals surface area contributed by atoms with Gasteiger partial charge in [-0.1, -0.05) is 37.3 Å². The van der Waals surface area contributed by atoms with Crippen LogP contribution in [0.15, 0.2) is 59.5 Å². The fourth-order valence-corrected chi connectivity index (χ4v) is 3.93. The standard InChI is InChI=1S/C20H26N2O3S/c1-5-22(15-16-9-7-6-8-10-16)26(24,25)18-13-11-17(12-14-18)19(23)21-20(2,3)4/h6-14H,5,15H2,1-4H3,(H,21,23). The van der Waals surface area contributed by atoms with Crippen molar-refractivity contribution in [2.45, 2.75) is 44.7 Å². The molecule has 0 aliphatic rings. The summed E-state index contributed by atoms with van der Waals surface area (Å²) >= 11 is 0. The van der Waals surface area contributed by atoms with Gasteiger partial charge in [0.15, 0.2) is 0 Å². The molecule has 0 aromatic heterocycles. The van der Waals surface area contributed by atoms with Crippen molar-refractivity contribution in [2.24, 2.45) is 0 Å². The lowest BCUT2D eigenvalue weighted by Gasteiger charge is -2.22. The summed E-state index contributed by atoms with van der Waals surface area (Å²) in [6.45, 7) is 8.17. The van der Waals surface area contributed by atoms with Gasteiger partial charge in [-0.15, -0.1) is 0 Å². The van der Waals surface area contributed by atoms with Crippen LogP contribution in [0.2, 0.25) is 0 Å². The van der Waals surface area contributed by atoms with Gasteiger partial charge in [0.2, 0.25) is 10.0 Å². The SMILES string of the molecule is CCN(Cc1ccccc1)S(=O)(=O)c1ccc(C(=O)NC(C)(C)C)cc1. The van der Waals surface area contributed by atoms with Gasteiger partial charge in [-0.05, 0) is 50.6 Å². The van der Waals surface area contributed by atoms with Crippen LogP contribution in [0.5, 0.6) is 0 Å². The molecule has 0 atom stereocenters. The smallest absolute Gasteiger partial charge is 0.251 e. The minimum Gasteiger partial charge on any atom is -0.347 e. The Labute approximate surface area is 156 Å². The molecule has 0 heterocycles. The van der Waals surface area contributed by atoms with Crippen molar-refractivity contribution in [1.29, 1.82) is 0 Å². The van der Waals surface area contributed by atoms with E-state index in [1.165, 1.54) is 16.4 Å². The summed E-state index contributed by atoms with van der Waals surface area (Å²) in [7, 11) is -3.63. The molecule has 0 spiro atoms. The molecule has 1 N–H and O–H groups in total. The van der Waals surface area contributed by atoms with Gasteiger partial charge in [-0.25, -0.2) is 8.42 Å². The summed E-state index contributed by atoms with van der Waals surface area (Å²) in [5.74, 6) is -0.224. The predicted molar refractivity (Wildman–Crippen MR) is 103 cm³/mol. The second-order valence-electron chi connectivity index (χ2n) is 7.15. The molecule has 140 valence electrons. The molecule has 2 aromatic rings. The van der Waals surface area contributed by atoms with Crippen LogP contribution < -0.4 is 5.32 Å². The first kappa shape index (κ1) is 20.1. The zero-order valence-electron chi connectivity index (χ0n) is 15.7. The average molecular weight is 375 g/mol. The van der Waals surface area contributed by atoms with Gasteiger partial charge in [0.05, 0.1) is 4.90 Å². The molecule has 1 amide bonds. The average Bonchev–Trinajstić information content (AvgIpc) is 2.59. The number of nitrogens with one attached hydrogen (secondary N) is 1. The number of carbonyl (C=O) groups is 1. The van der Waals surface area contributed by atoms with E-state index in [1.807, 2.05) is 58.0 Å². The maximum Gasteiger partial charge on any atom is 0.251 e. The summed E-state index contributed by atoms with van der Waals surface area (Å²) in [5, 5.41) is 2.86. The van der Waals surface area contributed by atoms with Crippen molar-refractivity contribution in [3.05, 3.63) is 65.7 Å². The Morgan fingerprint density at radius 2 is 1.58 bits per heavy atom. The molecule has 0 aliphatic carbocycles. The molecule has 0 aliphatic heterocycles. The largest absolute Gasteiger partial charge is 0.347 e. The number of hydrogen-bond acceptors (Lipinski definition) is 3. The van der Waals surface area contributed by atoms with Crippen molar-refractivity contribution >= 4 is 15.9 Å². The van der Waals surface area contributed by atoms with Crippen LogP contribution in [0.25, 0.3) is 0 Å². The van der Waals surface area contributed by atoms with Crippen LogP contribution in [0.3, 0.4) is 0 Å². The summed E-state index contributed by atoms with van der Waals surface area (Å²) in [4.78, 5) is 12.4. The number of rotatable bonds is 6. The first-order chi connectivity index (χ1) is 12.1. The normalized spacial score (nSPS) is 12.2. The molecular formula is C20H26N2O3S. The monoisotopic (exact) mass is 374 g/mol. The molecule has 26 heavy (non-hydrogen) atoms. The van der Waals surface area contributed by atoms with E-state index in [2.05, 4.69) is 5.32 Å². The van der Waals surface area contributed by atoms with Crippen molar-refractivity contribution in [3.63, 3.8) is 0 Å². The lowest BCUT2D eigenvalue weighted by Crippen LogP contribution is -2.40. The predicted octanol–water partition coefficient (Wildman–Crippen LogP) is 3.43. The Balaban J connectivity index is 2.21. The molecular weight excluding hydrogens is 348 g/mol. The molecule has 5 nitrogen and oxygen atoms in total. The molecule has 2 rings (SSSR count). The second kappa shape index (κ2) is 8.01. The van der Waals surface area contributed by atoms with Crippen molar-refractivity contribution in [1.82, 2.24) is 9.62 Å². The van der Waals surface area contributed by atoms with Crippen molar-refractivity contribution in [3.8, 4) is 0 Å². The summed E-state index contributed by atoms with van der Waals surface area (Å²) in [5.41, 5.74) is 1.01. The van der Waals surface area contributed by atoms with E-state index in [9.17, 15) is 13.2 Å². The van der Waals surface area contributed by atoms with E-state index in [4.69, 9.17) is 0 Å². The second-order valence-corrected chi connectivity index (χ2v) is 9.08. The Morgan fingerprint density at radius 3 is 2.08 bits per heavy atom. The van der Waals surface area contributed by atoms with E-state index in [1.54, 1.807) is 12.1 Å². The number of amides is 1. The van der Waals surface area contributed by atoms with Gasteiger partial charge >= 0.3 is 0 Å². The van der Waals surface area contributed by atoms with E-state index in [-0.39, 0.29) is 16.3 Å². The Kier molecular flexibility index (Phi) is 6.21. The minimum atomic E-state index is -3.63. The molecule has 0 bridgehead atoms. The number of sulfonamides is 1. The highest BCUT2D eigenvalue weighted by Crippen LogP contribution is 2.19. The quantitative estimate of drug-likeness (QED) is 0.842. The Hall–Kier alpha value is -2.18. The number of hydrogen-bond donors (Lipinski definition) is 1. The summed E-state index contributed by atoms with van der Waals surface area (Å²) in [6, 6.07) is 15.5. The van der Waals surface area contributed by atoms with Gasteiger partial charge in [0, 0.05) is 24.2 Å². The molecule has 0 radical (unpaired) electrons. The van der Waals surface area contributed by atoms with E-state index in [0.717, 1.165) is 5.56 Å². The maximum atomic E-state index is 12.9. The molecule has 0 unspecified atom stereocenters. The number of benzene rings is 2. The van der Waals surface area contributed by atoms with Crippen LogP contribution in [0.1, 0.15) is 43.6 Å². The summed E-state index contributed by atoms with van der Waals surface area (Å²) in [6.07, 6.45) is 0. The van der Waals surface area contributed by atoms with Crippen LogP contribution in [-0.4, -0.2) is 30.7 Å². The third kappa shape index (κ3) is 5.16. The highest BCUT2D eigenvalue weighted by molar-refractivity contribution is 7.89. The highest BCUT2D eigenvalue weighted by Gasteiger charge is 2.24. The van der Waals surface area contributed by atoms with Gasteiger partial charge < -0.3 is 5.32 Å². The van der Waals surface area contributed by atoms with Gasteiger partial charge in [0.1, 0.15) is 0 Å². The highest BCUT2D eigenvalue weighted by atomic mass is 32.2. The van der Waals surface area contributed by atoms with Gasteiger partial charge in [-0.3, -0.25) is 4.79 Å². The van der Waals surface area contributed by atoms with Crippen LogP contribution in [-0.2, 0) is 16.6 Å². The Bertz CT molecular complexity index is 839. The fourth-order valence-electron chi connectivity index (χ4n) is 2.49. The number of nitrogens with zero attached hydrogens (tertiary/aromatic N) is 1. The minimum absolute atomic E-state index is 0.183. The lowest BCUT2D eigenvalue weighted by molar-refractivity contribution is 0.0919. The molecule has 0 saturated heterocycles. The van der Waals surface area contributed by atoms with E-state index >= 15 is 0 Å². The zero-order valence-corrected chi connectivity index (χ0v) is 16.5. The molecule has 0 fully saturated rings. The topological polar surface area (TPSA) is 66.5 Å². The van der Waals surface area contributed by atoms with E-state index < -0.39 is 10.0 Å². The van der Waals surface area contributed by atoms with Crippen LogP contribution in [0.4, 0.5) is 0 Å². The van der Waals surface area contributed by atoms with Crippen LogP contribution in [0, 0.1) is 0 Å². The van der Waals surface area contributed by atoms with Gasteiger partial charge in [0.25, 0.3) is 5.91 Å². The third-order valence-corrected chi connectivity index (χ3v) is 5.73. The first-order valence-corrected chi connectivity index (χ1v) is 10.0. The summed E-state index contributed by atoms with van der Waals surface area (Å²) < 4.78 is 27.2. The molecule has 2 aromatic carbocycles. The lowest BCUT2D eigenvalue weighted by atomic mass is 10.1. The van der Waals surface area contributed by atoms with Gasteiger partial charge in [-0.2, -0.15) is 4.31 Å². The molecule has 6 heteroatoms. The number of carbonyl (C=O) groups excluding carboxylic acids is 1. The molecule has 0 saturated carbocycles. The fraction of sp³-hybridized carbons (Fsp3) is 0.350.